The molecular formula is C16H11NO3S. The van der Waals surface area contributed by atoms with Crippen LogP contribution in [0.5, 0.6) is 0 Å². The van der Waals surface area contributed by atoms with Gasteiger partial charge < -0.3 is 4.74 Å². The molecule has 0 aliphatic carbocycles. The summed E-state index contributed by atoms with van der Waals surface area (Å²) in [6, 6.07) is 14.2. The SMILES string of the molecule is COC(=O)c1ccc(-c2nc(=O)c3ccccc3s2)cc1. The summed E-state index contributed by atoms with van der Waals surface area (Å²) in [5.41, 5.74) is 1.03. The van der Waals surface area contributed by atoms with Crippen LogP contribution in [0, 0.1) is 0 Å². The van der Waals surface area contributed by atoms with E-state index < -0.39 is 0 Å². The number of carbonyl (C=O) groups excluding carboxylic acids is 1. The van der Waals surface area contributed by atoms with Crippen LogP contribution in [0.25, 0.3) is 20.7 Å². The van der Waals surface area contributed by atoms with Crippen molar-refractivity contribution in [2.24, 2.45) is 0 Å². The Morgan fingerprint density at radius 3 is 2.52 bits per heavy atom. The second-order valence-electron chi connectivity index (χ2n) is 4.39. The molecule has 4 nitrogen and oxygen atoms in total. The fourth-order valence-electron chi connectivity index (χ4n) is 2.00. The first-order valence-corrected chi connectivity index (χ1v) is 7.09. The lowest BCUT2D eigenvalue weighted by molar-refractivity contribution is 0.0601. The average Bonchev–Trinajstić information content (AvgIpc) is 2.54. The van der Waals surface area contributed by atoms with Crippen LogP contribution in [0.4, 0.5) is 0 Å². The van der Waals surface area contributed by atoms with Crippen LogP contribution in [0.15, 0.2) is 53.3 Å². The minimum absolute atomic E-state index is 0.239. The number of carbonyl (C=O) groups is 1. The maximum absolute atomic E-state index is 12.0. The number of methoxy groups -OCH3 is 1. The summed E-state index contributed by atoms with van der Waals surface area (Å²) in [6.45, 7) is 0. The molecule has 0 aliphatic rings. The van der Waals surface area contributed by atoms with Gasteiger partial charge in [0, 0.05) is 10.3 Å². The zero-order valence-corrected chi connectivity index (χ0v) is 12.0. The van der Waals surface area contributed by atoms with E-state index in [9.17, 15) is 9.59 Å². The molecule has 1 heterocycles. The molecule has 0 spiro atoms. The van der Waals surface area contributed by atoms with Gasteiger partial charge in [0.25, 0.3) is 5.56 Å². The van der Waals surface area contributed by atoms with E-state index in [1.165, 1.54) is 18.4 Å². The zero-order valence-electron chi connectivity index (χ0n) is 11.2. The minimum Gasteiger partial charge on any atom is -0.465 e. The molecule has 0 N–H and O–H groups in total. The zero-order chi connectivity index (χ0) is 14.8. The Labute approximate surface area is 124 Å². The predicted molar refractivity (Wildman–Crippen MR) is 82.7 cm³/mol. The first-order valence-electron chi connectivity index (χ1n) is 6.27. The Morgan fingerprint density at radius 1 is 1.10 bits per heavy atom. The highest BCUT2D eigenvalue weighted by molar-refractivity contribution is 7.21. The van der Waals surface area contributed by atoms with Crippen molar-refractivity contribution in [1.29, 1.82) is 0 Å². The van der Waals surface area contributed by atoms with Crippen molar-refractivity contribution in [3.8, 4) is 10.6 Å². The molecule has 0 unspecified atom stereocenters. The van der Waals surface area contributed by atoms with Crippen LogP contribution in [0.3, 0.4) is 0 Å². The third kappa shape index (κ3) is 2.55. The maximum Gasteiger partial charge on any atom is 0.337 e. The molecule has 0 fully saturated rings. The lowest BCUT2D eigenvalue weighted by atomic mass is 10.1. The fourth-order valence-corrected chi connectivity index (χ4v) is 3.00. The van der Waals surface area contributed by atoms with Gasteiger partial charge in [0.1, 0.15) is 5.01 Å². The highest BCUT2D eigenvalue weighted by Gasteiger charge is 2.08. The summed E-state index contributed by atoms with van der Waals surface area (Å²) in [5, 5.41) is 1.26. The van der Waals surface area contributed by atoms with Gasteiger partial charge >= 0.3 is 5.97 Å². The number of benzene rings is 2. The minimum atomic E-state index is -0.388. The number of fused-ring (bicyclic) bond motifs is 1. The molecule has 0 radical (unpaired) electrons. The molecule has 0 aliphatic heterocycles. The lowest BCUT2D eigenvalue weighted by Crippen LogP contribution is -2.06. The largest absolute Gasteiger partial charge is 0.465 e. The molecule has 0 saturated carbocycles. The molecular weight excluding hydrogens is 286 g/mol. The maximum atomic E-state index is 12.0. The monoisotopic (exact) mass is 297 g/mol. The van der Waals surface area contributed by atoms with Gasteiger partial charge in [-0.05, 0) is 24.3 Å². The Balaban J connectivity index is 2.08. The number of rotatable bonds is 2. The topological polar surface area (TPSA) is 56.3 Å². The van der Waals surface area contributed by atoms with Gasteiger partial charge in [-0.3, -0.25) is 4.79 Å². The summed E-state index contributed by atoms with van der Waals surface area (Å²) in [6.07, 6.45) is 0. The van der Waals surface area contributed by atoms with Crippen LogP contribution >= 0.6 is 11.3 Å². The van der Waals surface area contributed by atoms with Crippen molar-refractivity contribution in [1.82, 2.24) is 4.98 Å². The number of nitrogens with zero attached hydrogens (tertiary/aromatic N) is 1. The number of hydrogen-bond acceptors (Lipinski definition) is 5. The number of esters is 1. The summed E-state index contributed by atoms with van der Waals surface area (Å²) >= 11 is 1.45. The van der Waals surface area contributed by atoms with Crippen molar-refractivity contribution in [2.75, 3.05) is 7.11 Å². The van der Waals surface area contributed by atoms with Gasteiger partial charge in [-0.15, -0.1) is 11.3 Å². The van der Waals surface area contributed by atoms with E-state index in [1.807, 2.05) is 18.2 Å². The third-order valence-corrected chi connectivity index (χ3v) is 4.18. The second-order valence-corrected chi connectivity index (χ2v) is 5.42. The Hall–Kier alpha value is -2.53. The van der Waals surface area contributed by atoms with E-state index in [0.29, 0.717) is 16.0 Å². The number of aromatic nitrogens is 1. The standard InChI is InChI=1S/C16H11NO3S/c1-20-16(19)11-8-6-10(7-9-11)15-17-14(18)12-4-2-3-5-13(12)21-15/h2-9H,1H3. The second kappa shape index (κ2) is 5.46. The van der Waals surface area contributed by atoms with Crippen LogP contribution in [0.2, 0.25) is 0 Å². The smallest absolute Gasteiger partial charge is 0.337 e. The first-order chi connectivity index (χ1) is 10.2. The molecule has 1 aromatic heterocycles. The van der Waals surface area contributed by atoms with Crippen molar-refractivity contribution in [2.45, 2.75) is 0 Å². The van der Waals surface area contributed by atoms with E-state index in [2.05, 4.69) is 9.72 Å². The Bertz CT molecular complexity index is 869. The van der Waals surface area contributed by atoms with Crippen LogP contribution < -0.4 is 5.56 Å². The summed E-state index contributed by atoms with van der Waals surface area (Å²) in [7, 11) is 1.34. The molecule has 2 aromatic carbocycles. The van der Waals surface area contributed by atoms with Crippen molar-refractivity contribution in [3.63, 3.8) is 0 Å². The summed E-state index contributed by atoms with van der Waals surface area (Å²) in [4.78, 5) is 27.5. The van der Waals surface area contributed by atoms with E-state index in [0.717, 1.165) is 10.3 Å². The molecule has 0 saturated heterocycles. The fraction of sp³-hybridized carbons (Fsp3) is 0.0625. The van der Waals surface area contributed by atoms with Gasteiger partial charge in [0.2, 0.25) is 0 Å². The lowest BCUT2D eigenvalue weighted by Gasteiger charge is -2.03. The van der Waals surface area contributed by atoms with Crippen molar-refractivity contribution >= 4 is 27.4 Å². The summed E-state index contributed by atoms with van der Waals surface area (Å²) in [5.74, 6) is -0.388. The Kier molecular flexibility index (Phi) is 3.50. The quantitative estimate of drug-likeness (QED) is 0.682. The number of hydrogen-bond donors (Lipinski definition) is 0. The highest BCUT2D eigenvalue weighted by atomic mass is 32.1. The molecule has 0 amide bonds. The predicted octanol–water partition coefficient (Wildman–Crippen LogP) is 3.11. The van der Waals surface area contributed by atoms with E-state index in [-0.39, 0.29) is 11.5 Å². The van der Waals surface area contributed by atoms with E-state index in [1.54, 1.807) is 30.3 Å². The Morgan fingerprint density at radius 2 is 1.81 bits per heavy atom. The third-order valence-electron chi connectivity index (χ3n) is 3.08. The van der Waals surface area contributed by atoms with Gasteiger partial charge in [0.15, 0.2) is 0 Å². The van der Waals surface area contributed by atoms with Gasteiger partial charge in [-0.1, -0.05) is 24.3 Å². The molecule has 3 rings (SSSR count). The molecule has 0 atom stereocenters. The average molecular weight is 297 g/mol. The van der Waals surface area contributed by atoms with Gasteiger partial charge in [0.05, 0.1) is 18.1 Å². The molecule has 104 valence electrons. The van der Waals surface area contributed by atoms with E-state index >= 15 is 0 Å². The van der Waals surface area contributed by atoms with Gasteiger partial charge in [-0.25, -0.2) is 4.79 Å². The van der Waals surface area contributed by atoms with Crippen molar-refractivity contribution in [3.05, 3.63) is 64.4 Å². The van der Waals surface area contributed by atoms with Crippen LogP contribution in [-0.4, -0.2) is 18.1 Å². The van der Waals surface area contributed by atoms with Gasteiger partial charge in [-0.2, -0.15) is 4.98 Å². The molecule has 21 heavy (non-hydrogen) atoms. The molecule has 0 bridgehead atoms. The molecule has 3 aromatic rings. The molecule has 5 heteroatoms. The highest BCUT2D eigenvalue weighted by Crippen LogP contribution is 2.26. The first kappa shape index (κ1) is 13.5. The number of ether oxygens (including phenoxy) is 1. The van der Waals surface area contributed by atoms with Crippen LogP contribution in [-0.2, 0) is 4.74 Å². The van der Waals surface area contributed by atoms with E-state index in [4.69, 9.17) is 0 Å². The van der Waals surface area contributed by atoms with Crippen molar-refractivity contribution < 1.29 is 9.53 Å². The normalized spacial score (nSPS) is 10.5. The summed E-state index contributed by atoms with van der Waals surface area (Å²) < 4.78 is 5.55. The van der Waals surface area contributed by atoms with Crippen LogP contribution in [0.1, 0.15) is 10.4 Å².